The van der Waals surface area contributed by atoms with Gasteiger partial charge in [-0.2, -0.15) is 0 Å². The zero-order valence-corrected chi connectivity index (χ0v) is 16.0. The fraction of sp³-hybridized carbons (Fsp3) is 0.333. The summed E-state index contributed by atoms with van der Waals surface area (Å²) < 4.78 is 11.6. The van der Waals surface area contributed by atoms with Crippen molar-refractivity contribution < 1.29 is 19.1 Å². The Hall–Kier alpha value is -3.02. The molecule has 6 nitrogen and oxygen atoms in total. The average molecular weight is 368 g/mol. The van der Waals surface area contributed by atoms with E-state index in [-0.39, 0.29) is 25.0 Å². The van der Waals surface area contributed by atoms with E-state index < -0.39 is 6.10 Å². The van der Waals surface area contributed by atoms with Crippen LogP contribution in [-0.4, -0.2) is 38.1 Å². The molecule has 1 heterocycles. The molecule has 0 fully saturated rings. The highest BCUT2D eigenvalue weighted by Gasteiger charge is 2.33. The zero-order chi connectivity index (χ0) is 19.6. The number of amides is 2. The fourth-order valence-electron chi connectivity index (χ4n) is 3.37. The minimum atomic E-state index is -0.753. The van der Waals surface area contributed by atoms with Crippen LogP contribution in [0.2, 0.25) is 0 Å². The van der Waals surface area contributed by atoms with Crippen molar-refractivity contribution in [2.24, 2.45) is 0 Å². The highest BCUT2D eigenvalue weighted by molar-refractivity contribution is 5.98. The van der Waals surface area contributed by atoms with Crippen LogP contribution in [0.5, 0.6) is 11.5 Å². The van der Waals surface area contributed by atoms with Gasteiger partial charge in [0.2, 0.25) is 0 Å². The molecule has 0 radical (unpaired) electrons. The van der Waals surface area contributed by atoms with Gasteiger partial charge in [-0.15, -0.1) is 0 Å². The lowest BCUT2D eigenvalue weighted by atomic mass is 10.1. The second-order valence-corrected chi connectivity index (χ2v) is 6.71. The first-order chi connectivity index (χ1) is 12.9. The van der Waals surface area contributed by atoms with Gasteiger partial charge < -0.3 is 19.7 Å². The number of rotatable bonds is 4. The number of anilines is 1. The van der Waals surface area contributed by atoms with E-state index in [4.69, 9.17) is 9.47 Å². The average Bonchev–Trinajstić information content (AvgIpc) is 2.65. The Bertz CT molecular complexity index is 855. The number of nitrogens with zero attached hydrogens (tertiary/aromatic N) is 1. The summed E-state index contributed by atoms with van der Waals surface area (Å²) in [6.45, 7) is 5.99. The Kier molecular flexibility index (Phi) is 5.35. The molecule has 2 aromatic carbocycles. The summed E-state index contributed by atoms with van der Waals surface area (Å²) in [5, 5.41) is 2.57. The van der Waals surface area contributed by atoms with Crippen molar-refractivity contribution in [3.8, 4) is 11.5 Å². The molecule has 0 bridgehead atoms. The molecule has 3 rings (SSSR count). The molecule has 1 aliphatic rings. The van der Waals surface area contributed by atoms with E-state index >= 15 is 0 Å². The number of carbonyl (C=O) groups excluding carboxylic acids is 2. The second-order valence-electron chi connectivity index (χ2n) is 6.71. The van der Waals surface area contributed by atoms with Crippen molar-refractivity contribution in [3.05, 3.63) is 53.1 Å². The van der Waals surface area contributed by atoms with Crippen LogP contribution in [0.3, 0.4) is 0 Å². The number of likely N-dealkylation sites (N-methyl/N-ethyl adjacent to an activating group) is 1. The van der Waals surface area contributed by atoms with Crippen molar-refractivity contribution >= 4 is 17.5 Å². The van der Waals surface area contributed by atoms with Crippen LogP contribution in [0.1, 0.15) is 16.7 Å². The van der Waals surface area contributed by atoms with Gasteiger partial charge in [-0.3, -0.25) is 9.59 Å². The summed E-state index contributed by atoms with van der Waals surface area (Å²) in [7, 11) is 1.55. The van der Waals surface area contributed by atoms with Gasteiger partial charge in [0.05, 0.1) is 12.2 Å². The highest BCUT2D eigenvalue weighted by atomic mass is 16.5. The van der Waals surface area contributed by atoms with Crippen LogP contribution >= 0.6 is 0 Å². The van der Waals surface area contributed by atoms with Crippen molar-refractivity contribution in [3.63, 3.8) is 0 Å². The quantitative estimate of drug-likeness (QED) is 0.901. The molecule has 1 atom stereocenters. The summed E-state index contributed by atoms with van der Waals surface area (Å²) in [5.41, 5.74) is 3.78. The molecule has 0 aliphatic carbocycles. The summed E-state index contributed by atoms with van der Waals surface area (Å²) in [5.74, 6) is 0.735. The van der Waals surface area contributed by atoms with Gasteiger partial charge in [-0.1, -0.05) is 29.8 Å². The van der Waals surface area contributed by atoms with Gasteiger partial charge in [-0.05, 0) is 44.0 Å². The number of ether oxygens (including phenoxy) is 2. The Balaban J connectivity index is 1.80. The van der Waals surface area contributed by atoms with Crippen molar-refractivity contribution in [2.75, 3.05) is 25.1 Å². The molecule has 1 N–H and O–H groups in total. The molecule has 142 valence electrons. The first kappa shape index (κ1) is 18.8. The molecule has 1 aliphatic heterocycles. The van der Waals surface area contributed by atoms with E-state index in [0.717, 1.165) is 22.4 Å². The molecule has 6 heteroatoms. The molecule has 0 spiro atoms. The number of aryl methyl sites for hydroxylation is 3. The topological polar surface area (TPSA) is 67.9 Å². The molecular formula is C21H24N2O4. The monoisotopic (exact) mass is 368 g/mol. The van der Waals surface area contributed by atoms with Gasteiger partial charge in [0.15, 0.2) is 12.7 Å². The zero-order valence-electron chi connectivity index (χ0n) is 16.0. The molecule has 0 unspecified atom stereocenters. The Morgan fingerprint density at radius 3 is 2.52 bits per heavy atom. The smallest absolute Gasteiger partial charge is 0.265 e. The maximum absolute atomic E-state index is 12.9. The Morgan fingerprint density at radius 1 is 1.19 bits per heavy atom. The second kappa shape index (κ2) is 7.70. The molecule has 0 aromatic heterocycles. The Labute approximate surface area is 159 Å². The molecule has 2 amide bonds. The predicted molar refractivity (Wildman–Crippen MR) is 103 cm³/mol. The lowest BCUT2D eigenvalue weighted by Gasteiger charge is -2.34. The van der Waals surface area contributed by atoms with Crippen LogP contribution in [-0.2, 0) is 9.59 Å². The fourth-order valence-corrected chi connectivity index (χ4v) is 3.37. The number of carbonyl (C=O) groups is 2. The van der Waals surface area contributed by atoms with Crippen LogP contribution in [0.15, 0.2) is 36.4 Å². The van der Waals surface area contributed by atoms with E-state index in [1.807, 2.05) is 45.0 Å². The third kappa shape index (κ3) is 3.89. The lowest BCUT2D eigenvalue weighted by molar-refractivity contribution is -0.128. The number of hydrogen-bond acceptors (Lipinski definition) is 4. The van der Waals surface area contributed by atoms with Gasteiger partial charge in [-0.25, -0.2) is 0 Å². The van der Waals surface area contributed by atoms with E-state index in [0.29, 0.717) is 11.4 Å². The van der Waals surface area contributed by atoms with Crippen LogP contribution in [0.25, 0.3) is 0 Å². The minimum Gasteiger partial charge on any atom is -0.483 e. The van der Waals surface area contributed by atoms with Crippen LogP contribution < -0.4 is 19.7 Å². The first-order valence-electron chi connectivity index (χ1n) is 8.89. The summed E-state index contributed by atoms with van der Waals surface area (Å²) in [6, 6.07) is 11.2. The highest BCUT2D eigenvalue weighted by Crippen LogP contribution is 2.33. The van der Waals surface area contributed by atoms with Crippen molar-refractivity contribution in [1.29, 1.82) is 0 Å². The van der Waals surface area contributed by atoms with Gasteiger partial charge >= 0.3 is 0 Å². The molecule has 2 aromatic rings. The van der Waals surface area contributed by atoms with Crippen molar-refractivity contribution in [1.82, 2.24) is 5.32 Å². The Morgan fingerprint density at radius 2 is 1.85 bits per heavy atom. The third-order valence-electron chi connectivity index (χ3n) is 4.56. The van der Waals surface area contributed by atoms with Gasteiger partial charge in [0.1, 0.15) is 11.5 Å². The van der Waals surface area contributed by atoms with Gasteiger partial charge in [0, 0.05) is 7.05 Å². The van der Waals surface area contributed by atoms with E-state index in [9.17, 15) is 9.59 Å². The first-order valence-corrected chi connectivity index (χ1v) is 8.89. The van der Waals surface area contributed by atoms with Crippen LogP contribution in [0.4, 0.5) is 5.69 Å². The number of hydrogen-bond donors (Lipinski definition) is 1. The summed E-state index contributed by atoms with van der Waals surface area (Å²) >= 11 is 0. The van der Waals surface area contributed by atoms with Gasteiger partial charge in [0.25, 0.3) is 11.8 Å². The SMILES string of the molecule is CNC(=O)[C@H]1CN(C(=O)COc2c(C)cc(C)cc2C)c2ccccc2O1. The molecule has 0 saturated heterocycles. The standard InChI is InChI=1S/C21H24N2O4/c1-13-9-14(2)20(15(3)10-13)26-12-19(24)23-11-18(21(25)22-4)27-17-8-6-5-7-16(17)23/h5-10,18H,11-12H2,1-4H3,(H,22,25)/t18-/m1/s1. The number of fused-ring (bicyclic) bond motifs is 1. The molecular weight excluding hydrogens is 344 g/mol. The largest absolute Gasteiger partial charge is 0.483 e. The number of para-hydroxylation sites is 2. The predicted octanol–water partition coefficient (Wildman–Crippen LogP) is 2.53. The maximum atomic E-state index is 12.9. The summed E-state index contributed by atoms with van der Waals surface area (Å²) in [6.07, 6.45) is -0.753. The normalized spacial score (nSPS) is 15.6. The lowest BCUT2D eigenvalue weighted by Crippen LogP contribution is -2.51. The van der Waals surface area contributed by atoms with E-state index in [1.165, 1.54) is 0 Å². The maximum Gasteiger partial charge on any atom is 0.265 e. The number of nitrogens with one attached hydrogen (secondary N) is 1. The van der Waals surface area contributed by atoms with E-state index in [1.54, 1.807) is 24.1 Å². The minimum absolute atomic E-state index is 0.112. The van der Waals surface area contributed by atoms with E-state index in [2.05, 4.69) is 5.32 Å². The molecule has 27 heavy (non-hydrogen) atoms. The number of benzene rings is 2. The third-order valence-corrected chi connectivity index (χ3v) is 4.56. The molecule has 0 saturated carbocycles. The summed E-state index contributed by atoms with van der Waals surface area (Å²) in [4.78, 5) is 26.5. The van der Waals surface area contributed by atoms with Crippen LogP contribution in [0, 0.1) is 20.8 Å². The van der Waals surface area contributed by atoms with Crippen molar-refractivity contribution in [2.45, 2.75) is 26.9 Å².